The molecule has 2 rings (SSSR count). The lowest BCUT2D eigenvalue weighted by atomic mass is 10.1. The van der Waals surface area contributed by atoms with Gasteiger partial charge < -0.3 is 5.11 Å². The van der Waals surface area contributed by atoms with E-state index in [9.17, 15) is 9.18 Å². The number of aliphatic hydroxyl groups excluding tert-OH is 1. The van der Waals surface area contributed by atoms with Gasteiger partial charge in [-0.25, -0.2) is 14.3 Å². The van der Waals surface area contributed by atoms with Crippen LogP contribution in [0.2, 0.25) is 0 Å². The van der Waals surface area contributed by atoms with Crippen LogP contribution in [0.3, 0.4) is 0 Å². The number of thioether (sulfide) groups is 1. The summed E-state index contributed by atoms with van der Waals surface area (Å²) in [5.74, 6) is 5.08. The first-order valence-corrected chi connectivity index (χ1v) is 6.72. The Bertz CT molecular complexity index is 727. The highest BCUT2D eigenvalue weighted by molar-refractivity contribution is 7.98. The van der Waals surface area contributed by atoms with Crippen LogP contribution >= 0.6 is 11.8 Å². The van der Waals surface area contributed by atoms with Gasteiger partial charge in [-0.1, -0.05) is 29.7 Å². The average Bonchev–Trinajstić information content (AvgIpc) is 2.76. The molecule has 0 aliphatic heterocycles. The van der Waals surface area contributed by atoms with Gasteiger partial charge in [0.05, 0.1) is 5.56 Å². The summed E-state index contributed by atoms with van der Waals surface area (Å²) in [6.07, 6.45) is 0. The van der Waals surface area contributed by atoms with Crippen LogP contribution in [0.25, 0.3) is 0 Å². The Balaban J connectivity index is 2.14. The molecule has 1 aromatic carbocycles. The van der Waals surface area contributed by atoms with Gasteiger partial charge in [-0.15, -0.1) is 5.10 Å². The topological polar surface area (TPSA) is 70.9 Å². The number of rotatable bonds is 3. The van der Waals surface area contributed by atoms with Crippen LogP contribution in [0.5, 0.6) is 0 Å². The van der Waals surface area contributed by atoms with Crippen molar-refractivity contribution in [1.82, 2.24) is 14.8 Å². The fourth-order valence-electron chi connectivity index (χ4n) is 1.50. The zero-order chi connectivity index (χ0) is 14.5. The molecule has 0 bridgehead atoms. The number of aromatic amines is 1. The third kappa shape index (κ3) is 3.29. The number of nitrogens with zero attached hydrogens (tertiary/aromatic N) is 2. The predicted octanol–water partition coefficient (Wildman–Crippen LogP) is 0.884. The van der Waals surface area contributed by atoms with Gasteiger partial charge in [0, 0.05) is 12.8 Å². The molecule has 0 aliphatic rings. The van der Waals surface area contributed by atoms with Gasteiger partial charge >= 0.3 is 5.69 Å². The Morgan fingerprint density at radius 2 is 2.35 bits per heavy atom. The SMILES string of the molecule is Cn1c(SCc2ccc(F)c(C#CCO)c2)n[nH]c1=O. The van der Waals surface area contributed by atoms with Gasteiger partial charge in [-0.2, -0.15) is 0 Å². The molecule has 2 N–H and O–H groups in total. The zero-order valence-electron chi connectivity index (χ0n) is 10.7. The van der Waals surface area contributed by atoms with Crippen LogP contribution in [0, 0.1) is 17.7 Å². The molecule has 5 nitrogen and oxygen atoms in total. The normalized spacial score (nSPS) is 10.2. The molecule has 1 heterocycles. The number of hydrogen-bond acceptors (Lipinski definition) is 4. The molecule has 0 atom stereocenters. The number of aliphatic hydroxyl groups is 1. The first-order valence-electron chi connectivity index (χ1n) is 5.74. The Morgan fingerprint density at radius 1 is 1.55 bits per heavy atom. The van der Waals surface area contributed by atoms with Gasteiger partial charge in [-0.3, -0.25) is 4.57 Å². The van der Waals surface area contributed by atoms with Gasteiger partial charge in [0.25, 0.3) is 0 Å². The van der Waals surface area contributed by atoms with Gasteiger partial charge in [0.2, 0.25) is 0 Å². The van der Waals surface area contributed by atoms with E-state index >= 15 is 0 Å². The number of hydrogen-bond donors (Lipinski definition) is 2. The Hall–Kier alpha value is -2.04. The van der Waals surface area contributed by atoms with E-state index < -0.39 is 5.82 Å². The summed E-state index contributed by atoms with van der Waals surface area (Å²) >= 11 is 1.36. The maximum absolute atomic E-state index is 13.5. The Labute approximate surface area is 118 Å². The zero-order valence-corrected chi connectivity index (χ0v) is 11.5. The summed E-state index contributed by atoms with van der Waals surface area (Å²) in [6, 6.07) is 4.60. The second-order valence-electron chi connectivity index (χ2n) is 3.93. The van der Waals surface area contributed by atoms with Gasteiger partial charge in [-0.05, 0) is 17.7 Å². The molecule has 0 amide bonds. The van der Waals surface area contributed by atoms with Crippen molar-refractivity contribution in [2.24, 2.45) is 7.05 Å². The first kappa shape index (κ1) is 14.4. The smallest absolute Gasteiger partial charge is 0.343 e. The molecule has 0 unspecified atom stereocenters. The highest BCUT2D eigenvalue weighted by Gasteiger charge is 2.06. The maximum Gasteiger partial charge on any atom is 0.343 e. The second-order valence-corrected chi connectivity index (χ2v) is 4.88. The summed E-state index contributed by atoms with van der Waals surface area (Å²) in [5.41, 5.74) is 0.822. The lowest BCUT2D eigenvalue weighted by molar-refractivity contribution is 0.350. The summed E-state index contributed by atoms with van der Waals surface area (Å²) in [4.78, 5) is 11.2. The summed E-state index contributed by atoms with van der Waals surface area (Å²) in [6.45, 7) is -0.312. The minimum absolute atomic E-state index is 0.244. The van der Waals surface area contributed by atoms with Crippen molar-refractivity contribution in [2.45, 2.75) is 10.9 Å². The maximum atomic E-state index is 13.5. The van der Waals surface area contributed by atoms with Crippen LogP contribution in [0.4, 0.5) is 4.39 Å². The van der Waals surface area contributed by atoms with Gasteiger partial charge in [0.1, 0.15) is 12.4 Å². The molecule has 7 heteroatoms. The molecular weight excluding hydrogens is 281 g/mol. The number of aromatic nitrogens is 3. The standard InChI is InChI=1S/C13H12FN3O2S/c1-17-12(19)15-16-13(17)20-8-9-4-5-11(14)10(7-9)3-2-6-18/h4-5,7,18H,6,8H2,1H3,(H,15,19). The lowest BCUT2D eigenvalue weighted by Crippen LogP contribution is -2.12. The minimum atomic E-state index is -0.424. The van der Waals surface area contributed by atoms with E-state index in [-0.39, 0.29) is 17.9 Å². The molecule has 0 spiro atoms. The fraction of sp³-hybridized carbons (Fsp3) is 0.231. The summed E-state index contributed by atoms with van der Waals surface area (Å²) in [7, 11) is 1.62. The summed E-state index contributed by atoms with van der Waals surface area (Å²) in [5, 5.41) is 15.4. The van der Waals surface area contributed by atoms with Crippen molar-refractivity contribution in [3.05, 3.63) is 45.6 Å². The van der Waals surface area contributed by atoms with Crippen LogP contribution in [-0.2, 0) is 12.8 Å². The third-order valence-electron chi connectivity index (χ3n) is 2.54. The highest BCUT2D eigenvalue weighted by atomic mass is 32.2. The minimum Gasteiger partial charge on any atom is -0.384 e. The third-order valence-corrected chi connectivity index (χ3v) is 3.64. The van der Waals surface area contributed by atoms with Crippen LogP contribution in [-0.4, -0.2) is 26.5 Å². The number of nitrogens with one attached hydrogen (secondary N) is 1. The largest absolute Gasteiger partial charge is 0.384 e. The Morgan fingerprint density at radius 3 is 3.00 bits per heavy atom. The number of H-pyrrole nitrogens is 1. The quantitative estimate of drug-likeness (QED) is 0.651. The van der Waals surface area contributed by atoms with E-state index in [0.29, 0.717) is 10.9 Å². The predicted molar refractivity (Wildman–Crippen MR) is 73.8 cm³/mol. The molecule has 0 saturated heterocycles. The molecule has 0 aliphatic carbocycles. The van der Waals surface area contributed by atoms with Crippen molar-refractivity contribution < 1.29 is 9.50 Å². The van der Waals surface area contributed by atoms with Crippen LogP contribution in [0.1, 0.15) is 11.1 Å². The van der Waals surface area contributed by atoms with Crippen molar-refractivity contribution in [2.75, 3.05) is 6.61 Å². The number of benzene rings is 1. The fourth-order valence-corrected chi connectivity index (χ4v) is 2.36. The van der Waals surface area contributed by atoms with Crippen LogP contribution in [0.15, 0.2) is 28.2 Å². The molecule has 2 aromatic rings. The van der Waals surface area contributed by atoms with E-state index in [1.54, 1.807) is 19.2 Å². The van der Waals surface area contributed by atoms with Gasteiger partial charge in [0.15, 0.2) is 5.16 Å². The van der Waals surface area contributed by atoms with E-state index in [1.165, 1.54) is 22.4 Å². The van der Waals surface area contributed by atoms with Crippen LogP contribution < -0.4 is 5.69 Å². The van der Waals surface area contributed by atoms with E-state index in [1.807, 2.05) is 0 Å². The Kier molecular flexibility index (Phi) is 4.61. The van der Waals surface area contributed by atoms with Crippen molar-refractivity contribution in [1.29, 1.82) is 0 Å². The molecule has 1 aromatic heterocycles. The highest BCUT2D eigenvalue weighted by Crippen LogP contribution is 2.20. The first-order chi connectivity index (χ1) is 9.61. The lowest BCUT2D eigenvalue weighted by Gasteiger charge is -2.02. The van der Waals surface area contributed by atoms with E-state index in [0.717, 1.165) is 5.56 Å². The van der Waals surface area contributed by atoms with Crippen molar-refractivity contribution >= 4 is 11.8 Å². The van der Waals surface area contributed by atoms with Crippen molar-refractivity contribution in [3.63, 3.8) is 0 Å². The molecule has 0 fully saturated rings. The molecule has 0 radical (unpaired) electrons. The molecular formula is C13H12FN3O2S. The van der Waals surface area contributed by atoms with Crippen molar-refractivity contribution in [3.8, 4) is 11.8 Å². The second kappa shape index (κ2) is 6.41. The molecule has 20 heavy (non-hydrogen) atoms. The summed E-state index contributed by atoms with van der Waals surface area (Å²) < 4.78 is 14.9. The number of halogens is 1. The van der Waals surface area contributed by atoms with E-state index in [4.69, 9.17) is 5.11 Å². The van der Waals surface area contributed by atoms with E-state index in [2.05, 4.69) is 22.0 Å². The molecule has 104 valence electrons. The monoisotopic (exact) mass is 293 g/mol. The molecule has 0 saturated carbocycles. The average molecular weight is 293 g/mol.